The first kappa shape index (κ1) is 57.5. The van der Waals surface area contributed by atoms with E-state index in [0.717, 1.165) is 120 Å². The summed E-state index contributed by atoms with van der Waals surface area (Å²) in [6.07, 6.45) is 20.0. The fraction of sp³-hybridized carbons (Fsp3) is 0.471. The second-order valence-electron chi connectivity index (χ2n) is 23.6. The Balaban J connectivity index is 0.775. The molecule has 2 saturated carbocycles. The number of fused-ring (bicyclic) bond motifs is 3. The quantitative estimate of drug-likeness (QED) is 0.0486. The zero-order valence-corrected chi connectivity index (χ0v) is 48.8. The fourth-order valence-corrected chi connectivity index (χ4v) is 12.7. The van der Waals surface area contributed by atoms with Crippen molar-refractivity contribution in [2.75, 3.05) is 54.4 Å². The molecule has 1 saturated heterocycles. The number of halogens is 1. The third-order valence-corrected chi connectivity index (χ3v) is 17.8. The second-order valence-corrected chi connectivity index (χ2v) is 24.0. The number of aliphatic hydroxyl groups is 2. The molecule has 2 unspecified atom stereocenters. The van der Waals surface area contributed by atoms with Gasteiger partial charge < -0.3 is 34.1 Å². The number of benzene rings is 5. The average molecular weight is 1070 g/mol. The van der Waals surface area contributed by atoms with Crippen molar-refractivity contribution in [2.45, 2.75) is 154 Å². The van der Waals surface area contributed by atoms with Gasteiger partial charge >= 0.3 is 0 Å². The van der Waals surface area contributed by atoms with E-state index in [1.807, 2.05) is 49.4 Å². The first-order valence-corrected chi connectivity index (χ1v) is 29.6. The Hall–Kier alpha value is -5.23. The molecule has 5 aromatic carbocycles. The lowest BCUT2D eigenvalue weighted by Gasteiger charge is -2.43. The van der Waals surface area contributed by atoms with E-state index in [1.54, 1.807) is 0 Å². The Kier molecular flexibility index (Phi) is 19.1. The molecule has 2 atom stereocenters. The molecule has 416 valence electrons. The van der Waals surface area contributed by atoms with Gasteiger partial charge in [0.25, 0.3) is 0 Å². The van der Waals surface area contributed by atoms with Crippen LogP contribution in [0.2, 0.25) is 5.02 Å². The monoisotopic (exact) mass is 1070 g/mol. The van der Waals surface area contributed by atoms with Crippen molar-refractivity contribution in [2.24, 2.45) is 0 Å². The number of aromatic nitrogens is 1. The van der Waals surface area contributed by atoms with Gasteiger partial charge in [-0.05, 0) is 220 Å². The molecule has 3 fully saturated rings. The van der Waals surface area contributed by atoms with Crippen molar-refractivity contribution in [3.63, 3.8) is 0 Å². The molecule has 3 aliphatic rings. The minimum atomic E-state index is -0.846. The highest BCUT2D eigenvalue weighted by Crippen LogP contribution is 2.37. The molecule has 78 heavy (non-hydrogen) atoms. The van der Waals surface area contributed by atoms with Crippen LogP contribution in [-0.2, 0) is 18.7 Å². The molecule has 6 aromatic rings. The lowest BCUT2D eigenvalue weighted by atomic mass is 9.80. The van der Waals surface area contributed by atoms with Crippen LogP contribution in [0.5, 0.6) is 11.5 Å². The molecule has 10 heteroatoms. The van der Waals surface area contributed by atoms with Crippen LogP contribution in [0.25, 0.3) is 39.0 Å². The standard InChI is InChI=1S/C68H88ClN5O4/c1-9-52(53-20-15-49(16-21-53)42-50-17-26-58(27-18-50)78-65-32-23-55(45-62(65)69)66(75)70-47-68(72(7)8)36-12-11-13-37-68)41-48(3)54-22-31-64-61(44-54)60-43-51(19-30-63(60)74(64)10-2)46-73-39-33-59(34-40-73)77-57-28-24-56(25-29-57)67(4,76)35-14-38-71(5)6/h9,15-16,19-25,28-32,41-45,58-59,66,70,75-76H,10-14,17-18,26-27,33-40,46-47H2,1-8H3/b48-41+,50-42?,52-9+. The molecule has 2 aliphatic carbocycles. The van der Waals surface area contributed by atoms with Gasteiger partial charge in [0.2, 0.25) is 0 Å². The molecule has 9 nitrogen and oxygen atoms in total. The number of ether oxygens (including phenoxy) is 2. The molecule has 3 N–H and O–H groups in total. The molecule has 0 spiro atoms. The summed E-state index contributed by atoms with van der Waals surface area (Å²) in [7, 11) is 8.45. The van der Waals surface area contributed by atoms with Crippen LogP contribution in [0.4, 0.5) is 0 Å². The predicted molar refractivity (Wildman–Crippen MR) is 326 cm³/mol. The summed E-state index contributed by atoms with van der Waals surface area (Å²) in [5.74, 6) is 1.56. The number of piperidine rings is 1. The Morgan fingerprint density at radius 3 is 2.14 bits per heavy atom. The zero-order valence-electron chi connectivity index (χ0n) is 48.1. The van der Waals surface area contributed by atoms with Gasteiger partial charge in [0, 0.05) is 60.1 Å². The minimum absolute atomic E-state index is 0.0774. The van der Waals surface area contributed by atoms with E-state index in [9.17, 15) is 10.2 Å². The maximum Gasteiger partial charge on any atom is 0.138 e. The number of likely N-dealkylation sites (N-methyl/N-ethyl adjacent to an activating group) is 1. The van der Waals surface area contributed by atoms with Crippen LogP contribution in [0.15, 0.2) is 121 Å². The number of rotatable bonds is 21. The fourth-order valence-electron chi connectivity index (χ4n) is 12.5. The lowest BCUT2D eigenvalue weighted by molar-refractivity contribution is 0.0435. The lowest BCUT2D eigenvalue weighted by Crippen LogP contribution is -2.53. The first-order chi connectivity index (χ1) is 37.6. The van der Waals surface area contributed by atoms with Crippen LogP contribution in [0, 0.1) is 0 Å². The van der Waals surface area contributed by atoms with Gasteiger partial charge in [-0.2, -0.15) is 0 Å². The van der Waals surface area contributed by atoms with Gasteiger partial charge in [-0.15, -0.1) is 0 Å². The highest BCUT2D eigenvalue weighted by molar-refractivity contribution is 6.32. The molecule has 1 aliphatic heterocycles. The average Bonchev–Trinajstić information content (AvgIpc) is 3.94. The van der Waals surface area contributed by atoms with E-state index in [2.05, 4.69) is 152 Å². The van der Waals surface area contributed by atoms with Gasteiger partial charge in [-0.25, -0.2) is 0 Å². The molecule has 2 heterocycles. The molecule has 0 bridgehead atoms. The van der Waals surface area contributed by atoms with Crippen molar-refractivity contribution < 1.29 is 19.7 Å². The summed E-state index contributed by atoms with van der Waals surface area (Å²) in [4.78, 5) is 7.05. The first-order valence-electron chi connectivity index (χ1n) is 29.2. The molecular formula is C68H88ClN5O4. The van der Waals surface area contributed by atoms with Crippen molar-refractivity contribution in [3.05, 3.63) is 159 Å². The Morgan fingerprint density at radius 1 is 0.821 bits per heavy atom. The molecular weight excluding hydrogens is 986 g/mol. The number of aliphatic hydroxyl groups excluding tert-OH is 1. The molecule has 9 rings (SSSR count). The third kappa shape index (κ3) is 14.0. The van der Waals surface area contributed by atoms with Crippen LogP contribution in [-0.4, -0.2) is 102 Å². The number of hydrogen-bond acceptors (Lipinski definition) is 8. The van der Waals surface area contributed by atoms with Crippen molar-refractivity contribution in [1.29, 1.82) is 0 Å². The zero-order chi connectivity index (χ0) is 55.0. The molecule has 0 amide bonds. The number of hydrogen-bond donors (Lipinski definition) is 3. The van der Waals surface area contributed by atoms with Gasteiger partial charge in [-0.1, -0.05) is 109 Å². The number of nitrogens with one attached hydrogen (secondary N) is 1. The highest BCUT2D eigenvalue weighted by Gasteiger charge is 2.35. The van der Waals surface area contributed by atoms with Crippen LogP contribution in [0.3, 0.4) is 0 Å². The maximum absolute atomic E-state index is 11.1. The Bertz CT molecular complexity index is 3040. The van der Waals surface area contributed by atoms with E-state index >= 15 is 0 Å². The SMILES string of the molecule is C/C=C(\C=C(/C)c1ccc2c(c1)c1cc(CN3CCC(Oc4ccc(C(C)(O)CCCN(C)C)cc4)CC3)ccc1n2CC)c1ccc(C=C2CCC(Oc3ccc(C(O)NCC4(N(C)C)CCCCC4)cc3Cl)CC2)cc1. The number of allylic oxidation sites excluding steroid dienone is 5. The van der Waals surface area contributed by atoms with Crippen molar-refractivity contribution in [1.82, 2.24) is 24.6 Å². The van der Waals surface area contributed by atoms with Gasteiger partial charge in [0.15, 0.2) is 0 Å². The maximum atomic E-state index is 11.1. The normalized spacial score (nSPS) is 19.2. The summed E-state index contributed by atoms with van der Waals surface area (Å²) >= 11 is 6.77. The van der Waals surface area contributed by atoms with Crippen LogP contribution < -0.4 is 14.8 Å². The van der Waals surface area contributed by atoms with E-state index < -0.39 is 11.8 Å². The second kappa shape index (κ2) is 25.9. The highest BCUT2D eigenvalue weighted by atomic mass is 35.5. The van der Waals surface area contributed by atoms with Crippen molar-refractivity contribution in [3.8, 4) is 11.5 Å². The van der Waals surface area contributed by atoms with Gasteiger partial charge in [-0.3, -0.25) is 10.2 Å². The number of nitrogens with zero attached hydrogens (tertiary/aromatic N) is 4. The summed E-state index contributed by atoms with van der Waals surface area (Å²) < 4.78 is 15.4. The number of aryl methyl sites for hydroxylation is 1. The minimum Gasteiger partial charge on any atom is -0.490 e. The van der Waals surface area contributed by atoms with Crippen molar-refractivity contribution >= 4 is 50.6 Å². The van der Waals surface area contributed by atoms with E-state index in [0.29, 0.717) is 10.8 Å². The van der Waals surface area contributed by atoms with Gasteiger partial charge in [0.1, 0.15) is 23.8 Å². The Labute approximate surface area is 471 Å². The van der Waals surface area contributed by atoms with E-state index in [-0.39, 0.29) is 17.7 Å². The molecule has 1 aromatic heterocycles. The largest absolute Gasteiger partial charge is 0.490 e. The smallest absolute Gasteiger partial charge is 0.138 e. The summed E-state index contributed by atoms with van der Waals surface area (Å²) in [6.45, 7) is 14.1. The predicted octanol–water partition coefficient (Wildman–Crippen LogP) is 14.8. The molecule has 0 radical (unpaired) electrons. The third-order valence-electron chi connectivity index (χ3n) is 17.5. The Morgan fingerprint density at radius 2 is 1.49 bits per heavy atom. The summed E-state index contributed by atoms with van der Waals surface area (Å²) in [6, 6.07) is 36.9. The van der Waals surface area contributed by atoms with Crippen LogP contribution in [0.1, 0.15) is 151 Å². The number of likely N-dealkylation sites (tertiary alicyclic amines) is 1. The van der Waals surface area contributed by atoms with Gasteiger partial charge in [0.05, 0.1) is 16.7 Å². The van der Waals surface area contributed by atoms with E-state index in [4.69, 9.17) is 21.1 Å². The topological polar surface area (TPSA) is 85.6 Å². The summed E-state index contributed by atoms with van der Waals surface area (Å²) in [5, 5.41) is 28.8. The summed E-state index contributed by atoms with van der Waals surface area (Å²) in [5.41, 5.74) is 12.4. The van der Waals surface area contributed by atoms with Crippen LogP contribution >= 0.6 is 11.6 Å². The van der Waals surface area contributed by atoms with E-state index in [1.165, 1.54) is 80.0 Å².